The zero-order valence-corrected chi connectivity index (χ0v) is 6.98. The SMILES string of the molecule is C#CC1(c2cccc(F)c2F)CC1. The van der Waals surface area contributed by atoms with Crippen LogP contribution in [0, 0.1) is 24.0 Å². The number of benzene rings is 1. The van der Waals surface area contributed by atoms with E-state index >= 15 is 0 Å². The predicted molar refractivity (Wildman–Crippen MR) is 46.1 cm³/mol. The molecular weight excluding hydrogens is 170 g/mol. The summed E-state index contributed by atoms with van der Waals surface area (Å²) in [4.78, 5) is 0. The Morgan fingerprint density at radius 2 is 2.00 bits per heavy atom. The summed E-state index contributed by atoms with van der Waals surface area (Å²) in [5.41, 5.74) is -0.193. The minimum Gasteiger partial charge on any atom is -0.204 e. The summed E-state index contributed by atoms with van der Waals surface area (Å²) in [6, 6.07) is 4.15. The van der Waals surface area contributed by atoms with Gasteiger partial charge in [-0.2, -0.15) is 0 Å². The van der Waals surface area contributed by atoms with Crippen molar-refractivity contribution in [3.05, 3.63) is 35.4 Å². The molecule has 0 amide bonds. The molecule has 0 bridgehead atoms. The van der Waals surface area contributed by atoms with Crippen molar-refractivity contribution < 1.29 is 8.78 Å². The topological polar surface area (TPSA) is 0 Å². The second-order valence-corrected chi connectivity index (χ2v) is 3.33. The molecule has 0 radical (unpaired) electrons. The van der Waals surface area contributed by atoms with Gasteiger partial charge in [0.2, 0.25) is 0 Å². The predicted octanol–water partition coefficient (Wildman–Crippen LogP) is 2.63. The van der Waals surface area contributed by atoms with Crippen molar-refractivity contribution in [2.75, 3.05) is 0 Å². The van der Waals surface area contributed by atoms with Gasteiger partial charge in [0.1, 0.15) is 0 Å². The highest BCUT2D eigenvalue weighted by molar-refractivity contribution is 5.41. The highest BCUT2D eigenvalue weighted by atomic mass is 19.2. The molecule has 0 spiro atoms. The average Bonchev–Trinajstić information content (AvgIpc) is 2.90. The molecule has 0 unspecified atom stereocenters. The Morgan fingerprint density at radius 3 is 2.54 bits per heavy atom. The second kappa shape index (κ2) is 2.56. The van der Waals surface area contributed by atoms with E-state index in [0.29, 0.717) is 5.56 Å². The van der Waals surface area contributed by atoms with Gasteiger partial charge in [-0.25, -0.2) is 8.78 Å². The van der Waals surface area contributed by atoms with Gasteiger partial charge in [-0.05, 0) is 18.9 Å². The number of hydrogen-bond acceptors (Lipinski definition) is 0. The normalized spacial score (nSPS) is 17.9. The molecule has 1 aromatic carbocycles. The molecule has 1 fully saturated rings. The summed E-state index contributed by atoms with van der Waals surface area (Å²) in [6.45, 7) is 0. The Bertz CT molecular complexity index is 384. The van der Waals surface area contributed by atoms with Crippen molar-refractivity contribution in [2.24, 2.45) is 0 Å². The summed E-state index contributed by atoms with van der Waals surface area (Å²) in [7, 11) is 0. The zero-order valence-electron chi connectivity index (χ0n) is 6.98. The van der Waals surface area contributed by atoms with Crippen LogP contribution in [-0.4, -0.2) is 0 Å². The molecular formula is C11H8F2. The number of halogens is 2. The molecule has 13 heavy (non-hydrogen) atoms. The maximum atomic E-state index is 13.3. The lowest BCUT2D eigenvalue weighted by molar-refractivity contribution is 0.494. The molecule has 2 rings (SSSR count). The number of hydrogen-bond donors (Lipinski definition) is 0. The van der Waals surface area contributed by atoms with E-state index in [1.807, 2.05) is 0 Å². The molecule has 0 atom stereocenters. The first-order valence-corrected chi connectivity index (χ1v) is 4.12. The van der Waals surface area contributed by atoms with Gasteiger partial charge in [-0.1, -0.05) is 18.1 Å². The lowest BCUT2D eigenvalue weighted by Crippen LogP contribution is -2.06. The quantitative estimate of drug-likeness (QED) is 0.580. The van der Waals surface area contributed by atoms with Crippen LogP contribution in [-0.2, 0) is 5.41 Å². The van der Waals surface area contributed by atoms with Crippen molar-refractivity contribution in [2.45, 2.75) is 18.3 Å². The van der Waals surface area contributed by atoms with Gasteiger partial charge in [0, 0.05) is 5.56 Å². The third-order valence-corrected chi connectivity index (χ3v) is 2.49. The van der Waals surface area contributed by atoms with Crippen LogP contribution in [0.5, 0.6) is 0 Å². The molecule has 1 saturated carbocycles. The van der Waals surface area contributed by atoms with E-state index in [4.69, 9.17) is 6.42 Å². The Kier molecular flexibility index (Phi) is 1.63. The summed E-state index contributed by atoms with van der Waals surface area (Å²) in [6.07, 6.45) is 6.79. The highest BCUT2D eigenvalue weighted by Gasteiger charge is 2.44. The van der Waals surface area contributed by atoms with E-state index in [-0.39, 0.29) is 0 Å². The van der Waals surface area contributed by atoms with Crippen LogP contribution in [0.4, 0.5) is 8.78 Å². The average molecular weight is 178 g/mol. The fourth-order valence-electron chi connectivity index (χ4n) is 1.49. The van der Waals surface area contributed by atoms with E-state index in [0.717, 1.165) is 18.9 Å². The van der Waals surface area contributed by atoms with E-state index < -0.39 is 17.0 Å². The lowest BCUT2D eigenvalue weighted by Gasteiger charge is -2.08. The van der Waals surface area contributed by atoms with Gasteiger partial charge >= 0.3 is 0 Å². The second-order valence-electron chi connectivity index (χ2n) is 3.33. The highest BCUT2D eigenvalue weighted by Crippen LogP contribution is 2.48. The minimum absolute atomic E-state index is 0.329. The lowest BCUT2D eigenvalue weighted by atomic mass is 9.96. The van der Waals surface area contributed by atoms with Crippen LogP contribution >= 0.6 is 0 Å². The molecule has 0 heterocycles. The van der Waals surface area contributed by atoms with Crippen LogP contribution in [0.1, 0.15) is 18.4 Å². The van der Waals surface area contributed by atoms with Crippen molar-refractivity contribution in [3.63, 3.8) is 0 Å². The molecule has 1 aliphatic carbocycles. The Labute approximate surface area is 75.6 Å². The first kappa shape index (κ1) is 8.25. The van der Waals surface area contributed by atoms with Gasteiger partial charge < -0.3 is 0 Å². The third-order valence-electron chi connectivity index (χ3n) is 2.49. The smallest absolute Gasteiger partial charge is 0.163 e. The van der Waals surface area contributed by atoms with Crippen molar-refractivity contribution in [1.82, 2.24) is 0 Å². The Morgan fingerprint density at radius 1 is 1.31 bits per heavy atom. The maximum absolute atomic E-state index is 13.3. The molecule has 1 aromatic rings. The van der Waals surface area contributed by atoms with Crippen LogP contribution < -0.4 is 0 Å². The Balaban J connectivity index is 2.54. The van der Waals surface area contributed by atoms with Crippen LogP contribution in [0.15, 0.2) is 18.2 Å². The zero-order chi connectivity index (χ0) is 9.47. The largest absolute Gasteiger partial charge is 0.204 e. The minimum atomic E-state index is -0.820. The van der Waals surface area contributed by atoms with Gasteiger partial charge in [0.05, 0.1) is 5.41 Å². The van der Waals surface area contributed by atoms with E-state index in [2.05, 4.69) is 5.92 Å². The Hall–Kier alpha value is -1.36. The number of terminal acetylenes is 1. The van der Waals surface area contributed by atoms with Crippen molar-refractivity contribution in [3.8, 4) is 12.3 Å². The molecule has 0 aliphatic heterocycles. The molecule has 0 aromatic heterocycles. The van der Waals surface area contributed by atoms with E-state index in [1.54, 1.807) is 6.07 Å². The van der Waals surface area contributed by atoms with Gasteiger partial charge in [0.15, 0.2) is 11.6 Å². The van der Waals surface area contributed by atoms with Crippen LogP contribution in [0.25, 0.3) is 0 Å². The standard InChI is InChI=1S/C11H8F2/c1-2-11(6-7-11)8-4-3-5-9(12)10(8)13/h1,3-5H,6-7H2. The van der Waals surface area contributed by atoms with Crippen LogP contribution in [0.2, 0.25) is 0 Å². The molecule has 0 N–H and O–H groups in total. The van der Waals surface area contributed by atoms with E-state index in [1.165, 1.54) is 6.07 Å². The maximum Gasteiger partial charge on any atom is 0.163 e. The third kappa shape index (κ3) is 1.12. The monoisotopic (exact) mass is 178 g/mol. The van der Waals surface area contributed by atoms with Crippen molar-refractivity contribution in [1.29, 1.82) is 0 Å². The summed E-state index contributed by atoms with van der Waals surface area (Å²) < 4.78 is 26.1. The molecule has 2 heteroatoms. The van der Waals surface area contributed by atoms with Crippen LogP contribution in [0.3, 0.4) is 0 Å². The van der Waals surface area contributed by atoms with Gasteiger partial charge in [0.25, 0.3) is 0 Å². The molecule has 66 valence electrons. The molecule has 0 nitrogen and oxygen atoms in total. The van der Waals surface area contributed by atoms with E-state index in [9.17, 15) is 8.78 Å². The van der Waals surface area contributed by atoms with Crippen molar-refractivity contribution >= 4 is 0 Å². The molecule has 1 aliphatic rings. The first-order chi connectivity index (χ1) is 6.19. The van der Waals surface area contributed by atoms with Gasteiger partial charge in [-0.15, -0.1) is 6.42 Å². The molecule has 0 saturated heterocycles. The summed E-state index contributed by atoms with van der Waals surface area (Å²) >= 11 is 0. The number of rotatable bonds is 1. The fourth-order valence-corrected chi connectivity index (χ4v) is 1.49. The van der Waals surface area contributed by atoms with Gasteiger partial charge in [-0.3, -0.25) is 0 Å². The fraction of sp³-hybridized carbons (Fsp3) is 0.273. The summed E-state index contributed by atoms with van der Waals surface area (Å²) in [5.74, 6) is 0.916. The summed E-state index contributed by atoms with van der Waals surface area (Å²) in [5, 5.41) is 0. The first-order valence-electron chi connectivity index (χ1n) is 4.12.